The summed E-state index contributed by atoms with van der Waals surface area (Å²) in [5.74, 6) is -1.91. The highest BCUT2D eigenvalue weighted by Crippen LogP contribution is 2.14. The molecule has 0 radical (unpaired) electrons. The molecule has 94 valence electrons. The number of pyridine rings is 1. The van der Waals surface area contributed by atoms with Crippen LogP contribution < -0.4 is 0 Å². The average Bonchev–Trinajstić information content (AvgIpc) is 2.41. The zero-order valence-electron chi connectivity index (χ0n) is 9.80. The van der Waals surface area contributed by atoms with Gasteiger partial charge in [0.25, 0.3) is 0 Å². The molecule has 0 amide bonds. The molecule has 0 atom stereocenters. The molecule has 1 aromatic carbocycles. The Morgan fingerprint density at radius 2 is 2.21 bits per heavy atom. The van der Waals surface area contributed by atoms with Crippen molar-refractivity contribution in [2.24, 2.45) is 0 Å². The molecule has 1 N–H and O–H groups in total. The van der Waals surface area contributed by atoms with E-state index < -0.39 is 11.8 Å². The van der Waals surface area contributed by atoms with Gasteiger partial charge in [0.05, 0.1) is 29.1 Å². The van der Waals surface area contributed by atoms with Crippen LogP contribution in [0.25, 0.3) is 0 Å². The number of nitriles is 1. The van der Waals surface area contributed by atoms with E-state index in [-0.39, 0.29) is 17.7 Å². The number of benzene rings is 1. The molecule has 1 heterocycles. The van der Waals surface area contributed by atoms with Crippen molar-refractivity contribution < 1.29 is 14.3 Å². The lowest BCUT2D eigenvalue weighted by atomic mass is 10.0. The molecule has 0 aliphatic rings. The van der Waals surface area contributed by atoms with Crippen molar-refractivity contribution >= 4 is 5.97 Å². The van der Waals surface area contributed by atoms with Crippen LogP contribution in [0.5, 0.6) is 0 Å². The average molecular weight is 256 g/mol. The van der Waals surface area contributed by atoms with Crippen LogP contribution in [-0.4, -0.2) is 16.1 Å². The van der Waals surface area contributed by atoms with Gasteiger partial charge in [0, 0.05) is 6.42 Å². The summed E-state index contributed by atoms with van der Waals surface area (Å²) < 4.78 is 13.0. The largest absolute Gasteiger partial charge is 0.478 e. The molecule has 0 saturated heterocycles. The van der Waals surface area contributed by atoms with Gasteiger partial charge >= 0.3 is 5.97 Å². The highest BCUT2D eigenvalue weighted by molar-refractivity contribution is 5.88. The highest BCUT2D eigenvalue weighted by atomic mass is 19.1. The van der Waals surface area contributed by atoms with Gasteiger partial charge in [0.2, 0.25) is 0 Å². The molecular formula is C14H9FN2O2. The molecule has 0 fully saturated rings. The molecule has 19 heavy (non-hydrogen) atoms. The lowest BCUT2D eigenvalue weighted by Crippen LogP contribution is -2.06. The van der Waals surface area contributed by atoms with Crippen molar-refractivity contribution in [3.63, 3.8) is 0 Å². The van der Waals surface area contributed by atoms with Gasteiger partial charge in [-0.2, -0.15) is 5.26 Å². The molecule has 2 aromatic rings. The second-order valence-electron chi connectivity index (χ2n) is 3.94. The van der Waals surface area contributed by atoms with Crippen molar-refractivity contribution in [3.8, 4) is 6.07 Å². The predicted octanol–water partition coefficient (Wildman–Crippen LogP) is 2.38. The first-order valence-electron chi connectivity index (χ1n) is 5.47. The smallest absolute Gasteiger partial charge is 0.337 e. The summed E-state index contributed by atoms with van der Waals surface area (Å²) in [5, 5.41) is 17.8. The molecular weight excluding hydrogens is 247 g/mol. The van der Waals surface area contributed by atoms with Crippen molar-refractivity contribution in [2.75, 3.05) is 0 Å². The molecule has 0 unspecified atom stereocenters. The number of rotatable bonds is 3. The van der Waals surface area contributed by atoms with E-state index in [1.54, 1.807) is 24.3 Å². The Morgan fingerprint density at radius 1 is 1.42 bits per heavy atom. The number of halogens is 1. The second-order valence-corrected chi connectivity index (χ2v) is 3.94. The third-order valence-corrected chi connectivity index (χ3v) is 2.59. The fourth-order valence-corrected chi connectivity index (χ4v) is 1.74. The molecule has 5 heteroatoms. The SMILES string of the molecule is N#Cc1cccc(Cc2ncc(F)cc2C(=O)O)c1. The van der Waals surface area contributed by atoms with Crippen LogP contribution in [-0.2, 0) is 6.42 Å². The Bertz CT molecular complexity index is 677. The van der Waals surface area contributed by atoms with Crippen LogP contribution in [0.1, 0.15) is 27.2 Å². The number of hydrogen-bond acceptors (Lipinski definition) is 3. The van der Waals surface area contributed by atoms with E-state index in [9.17, 15) is 9.18 Å². The maximum absolute atomic E-state index is 13.0. The number of aromatic nitrogens is 1. The first-order chi connectivity index (χ1) is 9.10. The van der Waals surface area contributed by atoms with E-state index in [0.717, 1.165) is 17.8 Å². The Hall–Kier alpha value is -2.74. The molecule has 0 saturated carbocycles. The van der Waals surface area contributed by atoms with Crippen LogP contribution in [0.3, 0.4) is 0 Å². The summed E-state index contributed by atoms with van der Waals surface area (Å²) in [6.45, 7) is 0. The minimum atomic E-state index is -1.22. The van der Waals surface area contributed by atoms with Crippen LogP contribution in [0, 0.1) is 17.1 Å². The topological polar surface area (TPSA) is 74.0 Å². The number of carboxylic acids is 1. The summed E-state index contributed by atoms with van der Waals surface area (Å²) in [6, 6.07) is 9.72. The lowest BCUT2D eigenvalue weighted by Gasteiger charge is -2.05. The van der Waals surface area contributed by atoms with E-state index in [4.69, 9.17) is 10.4 Å². The highest BCUT2D eigenvalue weighted by Gasteiger charge is 2.13. The summed E-state index contributed by atoms with van der Waals surface area (Å²) in [5.41, 5.74) is 1.34. The summed E-state index contributed by atoms with van der Waals surface area (Å²) in [6.07, 6.45) is 1.22. The fourth-order valence-electron chi connectivity index (χ4n) is 1.74. The molecule has 1 aromatic heterocycles. The Kier molecular flexibility index (Phi) is 3.53. The van der Waals surface area contributed by atoms with Crippen molar-refractivity contribution in [2.45, 2.75) is 6.42 Å². The number of hydrogen-bond donors (Lipinski definition) is 1. The molecule has 4 nitrogen and oxygen atoms in total. The first-order valence-corrected chi connectivity index (χ1v) is 5.47. The fraction of sp³-hybridized carbons (Fsp3) is 0.0714. The normalized spacial score (nSPS) is 9.89. The standard InChI is InChI=1S/C14H9FN2O2/c15-11-6-12(14(18)19)13(17-8-11)5-9-2-1-3-10(4-9)7-16/h1-4,6,8H,5H2,(H,18,19). The van der Waals surface area contributed by atoms with E-state index >= 15 is 0 Å². The van der Waals surface area contributed by atoms with Crippen LogP contribution in [0.4, 0.5) is 4.39 Å². The third-order valence-electron chi connectivity index (χ3n) is 2.59. The molecule has 0 spiro atoms. The second kappa shape index (κ2) is 5.27. The van der Waals surface area contributed by atoms with Crippen LogP contribution in [0.15, 0.2) is 36.5 Å². The van der Waals surface area contributed by atoms with Gasteiger partial charge in [-0.3, -0.25) is 4.98 Å². The Labute approximate surface area is 108 Å². The molecule has 0 aliphatic carbocycles. The van der Waals surface area contributed by atoms with Gasteiger partial charge in [-0.15, -0.1) is 0 Å². The molecule has 0 bridgehead atoms. The van der Waals surface area contributed by atoms with E-state index in [2.05, 4.69) is 4.98 Å². The van der Waals surface area contributed by atoms with Crippen molar-refractivity contribution in [1.82, 2.24) is 4.98 Å². The van der Waals surface area contributed by atoms with Crippen molar-refractivity contribution in [3.05, 3.63) is 64.7 Å². The number of carbonyl (C=O) groups is 1. The summed E-state index contributed by atoms with van der Waals surface area (Å²) in [7, 11) is 0. The van der Waals surface area contributed by atoms with Crippen LogP contribution >= 0.6 is 0 Å². The predicted molar refractivity (Wildman–Crippen MR) is 65.1 cm³/mol. The Morgan fingerprint density at radius 3 is 2.89 bits per heavy atom. The van der Waals surface area contributed by atoms with Gasteiger partial charge in [0.1, 0.15) is 5.82 Å². The van der Waals surface area contributed by atoms with E-state index in [1.165, 1.54) is 0 Å². The maximum atomic E-state index is 13.0. The quantitative estimate of drug-likeness (QED) is 0.914. The summed E-state index contributed by atoms with van der Waals surface area (Å²) >= 11 is 0. The summed E-state index contributed by atoms with van der Waals surface area (Å²) in [4.78, 5) is 14.8. The lowest BCUT2D eigenvalue weighted by molar-refractivity contribution is 0.0694. The van der Waals surface area contributed by atoms with Gasteiger partial charge in [-0.05, 0) is 23.8 Å². The first kappa shape index (κ1) is 12.7. The van der Waals surface area contributed by atoms with Gasteiger partial charge < -0.3 is 5.11 Å². The van der Waals surface area contributed by atoms with Crippen LogP contribution in [0.2, 0.25) is 0 Å². The minimum Gasteiger partial charge on any atom is -0.478 e. The third kappa shape index (κ3) is 2.93. The zero-order valence-corrected chi connectivity index (χ0v) is 9.80. The minimum absolute atomic E-state index is 0.164. The van der Waals surface area contributed by atoms with Gasteiger partial charge in [-0.1, -0.05) is 12.1 Å². The Balaban J connectivity index is 2.38. The van der Waals surface area contributed by atoms with Gasteiger partial charge in [-0.25, -0.2) is 9.18 Å². The monoisotopic (exact) mass is 256 g/mol. The van der Waals surface area contributed by atoms with Crippen molar-refractivity contribution in [1.29, 1.82) is 5.26 Å². The number of aromatic carboxylic acids is 1. The molecule has 2 rings (SSSR count). The number of carboxylic acid groups (broad SMARTS) is 1. The van der Waals surface area contributed by atoms with E-state index in [0.29, 0.717) is 5.56 Å². The maximum Gasteiger partial charge on any atom is 0.337 e. The molecule has 0 aliphatic heterocycles. The van der Waals surface area contributed by atoms with Gasteiger partial charge in [0.15, 0.2) is 0 Å². The zero-order chi connectivity index (χ0) is 13.8. The number of nitrogens with zero attached hydrogens (tertiary/aromatic N) is 2. The van der Waals surface area contributed by atoms with E-state index in [1.807, 2.05) is 6.07 Å².